The van der Waals surface area contributed by atoms with Gasteiger partial charge in [-0.05, 0) is 94.1 Å². The highest BCUT2D eigenvalue weighted by Crippen LogP contribution is 2.44. The standard InChI is InChI=1S/C37H68N2O3.C7H14/c1-4-6-8-10-13-17-24-34(25-18-14-11-9-7-5-2)42-37(33-22-21-23-33)26-19-15-12-16-20-27-38-28-35-30-39(32(3)40)31-36(29-38)41-35;1-7(2,3)6-4-5-6/h34-36H,4-31H2,1-3H3;6H,4-5H2,1-3H3. The van der Waals surface area contributed by atoms with Crippen LogP contribution in [0, 0.1) is 11.3 Å². The van der Waals surface area contributed by atoms with E-state index in [-0.39, 0.29) is 18.1 Å². The number of carbonyl (C=O) groups is 1. The van der Waals surface area contributed by atoms with Gasteiger partial charge in [0.15, 0.2) is 0 Å². The van der Waals surface area contributed by atoms with Crippen LogP contribution in [-0.2, 0) is 14.3 Å². The summed E-state index contributed by atoms with van der Waals surface area (Å²) in [7, 11) is 0. The number of ether oxygens (including phenoxy) is 2. The quantitative estimate of drug-likeness (QED) is 0.0748. The summed E-state index contributed by atoms with van der Waals surface area (Å²) in [6, 6.07) is 0. The summed E-state index contributed by atoms with van der Waals surface area (Å²) in [5.41, 5.74) is 2.26. The third-order valence-electron chi connectivity index (χ3n) is 11.7. The number of fused-ring (bicyclic) bond motifs is 2. The van der Waals surface area contributed by atoms with Gasteiger partial charge in [0.05, 0.1) is 24.1 Å². The molecule has 0 radical (unpaired) electrons. The molecule has 2 saturated carbocycles. The molecule has 286 valence electrons. The van der Waals surface area contributed by atoms with Crippen molar-refractivity contribution in [2.24, 2.45) is 11.3 Å². The van der Waals surface area contributed by atoms with Gasteiger partial charge in [0.25, 0.3) is 0 Å². The number of amides is 1. The molecule has 2 bridgehead atoms. The van der Waals surface area contributed by atoms with Crippen LogP contribution >= 0.6 is 0 Å². The zero-order valence-electron chi connectivity index (χ0n) is 33.6. The minimum Gasteiger partial charge on any atom is -0.495 e. The second kappa shape index (κ2) is 24.2. The summed E-state index contributed by atoms with van der Waals surface area (Å²) in [4.78, 5) is 16.3. The van der Waals surface area contributed by atoms with Gasteiger partial charge in [-0.2, -0.15) is 0 Å². The number of allylic oxidation sites excluding steroid dienone is 2. The Balaban J connectivity index is 0.000000823. The second-order valence-corrected chi connectivity index (χ2v) is 17.5. The van der Waals surface area contributed by atoms with Gasteiger partial charge in [-0.25, -0.2) is 0 Å². The molecule has 4 fully saturated rings. The number of unbranched alkanes of at least 4 members (excludes halogenated alkanes) is 14. The van der Waals surface area contributed by atoms with Crippen molar-refractivity contribution in [3.63, 3.8) is 0 Å². The molecule has 0 aromatic carbocycles. The first-order valence-corrected chi connectivity index (χ1v) is 21.7. The lowest BCUT2D eigenvalue weighted by molar-refractivity contribution is -0.159. The van der Waals surface area contributed by atoms with Crippen LogP contribution in [0.3, 0.4) is 0 Å². The Hall–Kier alpha value is -1.07. The summed E-state index contributed by atoms with van der Waals surface area (Å²) in [6.45, 7) is 17.9. The van der Waals surface area contributed by atoms with Crippen molar-refractivity contribution in [2.75, 3.05) is 32.7 Å². The van der Waals surface area contributed by atoms with E-state index in [4.69, 9.17) is 9.47 Å². The van der Waals surface area contributed by atoms with Crippen molar-refractivity contribution < 1.29 is 14.3 Å². The highest BCUT2D eigenvalue weighted by molar-refractivity contribution is 5.73. The predicted molar refractivity (Wildman–Crippen MR) is 209 cm³/mol. The fraction of sp³-hybridized carbons (Fsp3) is 0.932. The second-order valence-electron chi connectivity index (χ2n) is 17.5. The summed E-state index contributed by atoms with van der Waals surface area (Å²) in [5.74, 6) is 2.64. The molecule has 0 aromatic heterocycles. The highest BCUT2D eigenvalue weighted by atomic mass is 16.5. The molecule has 49 heavy (non-hydrogen) atoms. The number of hydrogen-bond donors (Lipinski definition) is 0. The predicted octanol–water partition coefficient (Wildman–Crippen LogP) is 12.0. The molecule has 5 heteroatoms. The Morgan fingerprint density at radius 2 is 1.24 bits per heavy atom. The van der Waals surface area contributed by atoms with Crippen LogP contribution in [-0.4, -0.2) is 66.7 Å². The monoisotopic (exact) mass is 687 g/mol. The zero-order valence-corrected chi connectivity index (χ0v) is 33.6. The first-order chi connectivity index (χ1) is 23.7. The molecule has 0 N–H and O–H groups in total. The van der Waals surface area contributed by atoms with E-state index in [1.165, 1.54) is 166 Å². The molecule has 5 nitrogen and oxygen atoms in total. The van der Waals surface area contributed by atoms with Crippen molar-refractivity contribution in [2.45, 2.75) is 220 Å². The molecular formula is C44H82N2O3. The lowest BCUT2D eigenvalue weighted by Crippen LogP contribution is -2.60. The molecule has 4 rings (SSSR count). The Labute approximate surface area is 305 Å². The average molecular weight is 687 g/mol. The fourth-order valence-electron chi connectivity index (χ4n) is 8.04. The zero-order chi connectivity index (χ0) is 35.3. The van der Waals surface area contributed by atoms with E-state index in [0.29, 0.717) is 11.5 Å². The van der Waals surface area contributed by atoms with Crippen LogP contribution in [0.1, 0.15) is 202 Å². The molecule has 2 unspecified atom stereocenters. The lowest BCUT2D eigenvalue weighted by Gasteiger charge is -2.45. The maximum atomic E-state index is 11.8. The summed E-state index contributed by atoms with van der Waals surface area (Å²) in [5, 5.41) is 0. The summed E-state index contributed by atoms with van der Waals surface area (Å²) in [6.07, 6.45) is 34.4. The number of carbonyl (C=O) groups excluding carboxylic acids is 1. The number of nitrogens with zero attached hydrogens (tertiary/aromatic N) is 2. The van der Waals surface area contributed by atoms with Crippen molar-refractivity contribution in [1.82, 2.24) is 9.80 Å². The van der Waals surface area contributed by atoms with Crippen LogP contribution in [0.4, 0.5) is 0 Å². The molecule has 2 aliphatic carbocycles. The van der Waals surface area contributed by atoms with Crippen molar-refractivity contribution in [3.05, 3.63) is 11.3 Å². The minimum atomic E-state index is 0.189. The number of hydrogen-bond acceptors (Lipinski definition) is 4. The van der Waals surface area contributed by atoms with Gasteiger partial charge in [0, 0.05) is 39.5 Å². The number of morpholine rings is 2. The third kappa shape index (κ3) is 18.3. The first kappa shape index (κ1) is 42.3. The van der Waals surface area contributed by atoms with E-state index in [1.54, 1.807) is 12.5 Å². The van der Waals surface area contributed by atoms with Gasteiger partial charge in [-0.15, -0.1) is 0 Å². The van der Waals surface area contributed by atoms with E-state index in [1.807, 2.05) is 4.90 Å². The van der Waals surface area contributed by atoms with Gasteiger partial charge < -0.3 is 14.4 Å². The Bertz CT molecular complexity index is 870. The maximum absolute atomic E-state index is 11.8. The molecule has 2 aliphatic heterocycles. The molecule has 0 spiro atoms. The lowest BCUT2D eigenvalue weighted by atomic mass is 9.89. The van der Waals surface area contributed by atoms with Gasteiger partial charge >= 0.3 is 0 Å². The number of rotatable bonds is 24. The van der Waals surface area contributed by atoms with E-state index in [0.717, 1.165) is 38.5 Å². The molecule has 1 amide bonds. The molecular weight excluding hydrogens is 604 g/mol. The fourth-order valence-corrected chi connectivity index (χ4v) is 8.04. The summed E-state index contributed by atoms with van der Waals surface area (Å²) >= 11 is 0. The first-order valence-electron chi connectivity index (χ1n) is 21.7. The topological polar surface area (TPSA) is 42.0 Å². The van der Waals surface area contributed by atoms with Crippen molar-refractivity contribution in [1.29, 1.82) is 0 Å². The van der Waals surface area contributed by atoms with E-state index >= 15 is 0 Å². The van der Waals surface area contributed by atoms with Crippen molar-refractivity contribution >= 4 is 5.91 Å². The van der Waals surface area contributed by atoms with Gasteiger partial charge in [-0.1, -0.05) is 118 Å². The van der Waals surface area contributed by atoms with Crippen LogP contribution in [0.25, 0.3) is 0 Å². The van der Waals surface area contributed by atoms with Crippen LogP contribution < -0.4 is 0 Å². The SMILES string of the molecule is CC(C)(C)C1CC1.CCCCCCCCC(CCCCCCCC)OC(CCCCCCCN1CC2CN(C(C)=O)CC(C1)O2)=C1CCC1. The molecule has 2 saturated heterocycles. The Morgan fingerprint density at radius 1 is 0.735 bits per heavy atom. The highest BCUT2D eigenvalue weighted by Gasteiger charge is 2.35. The van der Waals surface area contributed by atoms with E-state index < -0.39 is 0 Å². The van der Waals surface area contributed by atoms with Gasteiger partial charge in [0.1, 0.15) is 0 Å². The van der Waals surface area contributed by atoms with Crippen LogP contribution in [0.15, 0.2) is 11.3 Å². The third-order valence-corrected chi connectivity index (χ3v) is 11.7. The average Bonchev–Trinajstić information content (AvgIpc) is 3.89. The van der Waals surface area contributed by atoms with E-state index in [2.05, 4.69) is 39.5 Å². The molecule has 0 aromatic rings. The van der Waals surface area contributed by atoms with E-state index in [9.17, 15) is 4.79 Å². The normalized spacial score (nSPS) is 21.0. The van der Waals surface area contributed by atoms with Crippen LogP contribution in [0.2, 0.25) is 0 Å². The largest absolute Gasteiger partial charge is 0.495 e. The Kier molecular flexibility index (Phi) is 20.9. The smallest absolute Gasteiger partial charge is 0.219 e. The van der Waals surface area contributed by atoms with Gasteiger partial charge in [-0.3, -0.25) is 9.69 Å². The van der Waals surface area contributed by atoms with Crippen LogP contribution in [0.5, 0.6) is 0 Å². The molecule has 2 heterocycles. The molecule has 2 atom stereocenters. The van der Waals surface area contributed by atoms with Gasteiger partial charge in [0.2, 0.25) is 5.91 Å². The van der Waals surface area contributed by atoms with Crippen molar-refractivity contribution in [3.8, 4) is 0 Å². The minimum absolute atomic E-state index is 0.189. The Morgan fingerprint density at radius 3 is 1.69 bits per heavy atom. The summed E-state index contributed by atoms with van der Waals surface area (Å²) < 4.78 is 13.0. The molecule has 4 aliphatic rings. The maximum Gasteiger partial charge on any atom is 0.219 e.